The molecule has 0 bridgehead atoms. The van der Waals surface area contributed by atoms with Crippen LogP contribution in [-0.2, 0) is 11.2 Å². The summed E-state index contributed by atoms with van der Waals surface area (Å²) in [4.78, 5) is 0. The highest BCUT2D eigenvalue weighted by molar-refractivity contribution is 9.10. The van der Waals surface area contributed by atoms with E-state index in [0.29, 0.717) is 19.4 Å². The molecule has 78 valence electrons. The second kappa shape index (κ2) is 6.17. The van der Waals surface area contributed by atoms with Crippen molar-refractivity contribution in [1.82, 2.24) is 0 Å². The van der Waals surface area contributed by atoms with Crippen LogP contribution in [0.2, 0.25) is 0 Å². The van der Waals surface area contributed by atoms with Crippen molar-refractivity contribution < 1.29 is 9.84 Å². The Hall–Kier alpha value is -0.380. The largest absolute Gasteiger partial charge is 0.393 e. The van der Waals surface area contributed by atoms with Crippen LogP contribution in [0.3, 0.4) is 0 Å². The molecule has 1 aromatic rings. The fourth-order valence-corrected chi connectivity index (χ4v) is 1.74. The van der Waals surface area contributed by atoms with Gasteiger partial charge in [-0.15, -0.1) is 0 Å². The molecular weight excluding hydrogens is 244 g/mol. The molecule has 0 heterocycles. The van der Waals surface area contributed by atoms with Gasteiger partial charge in [-0.3, -0.25) is 0 Å². The lowest BCUT2D eigenvalue weighted by atomic mass is 10.1. The maximum absolute atomic E-state index is 9.63. The molecule has 0 radical (unpaired) electrons. The third kappa shape index (κ3) is 4.22. The highest BCUT2D eigenvalue weighted by atomic mass is 79.9. The molecule has 1 N–H and O–H groups in total. The maximum atomic E-state index is 9.63. The molecule has 0 aliphatic rings. The van der Waals surface area contributed by atoms with E-state index in [1.807, 2.05) is 24.3 Å². The van der Waals surface area contributed by atoms with Gasteiger partial charge >= 0.3 is 0 Å². The molecule has 14 heavy (non-hydrogen) atoms. The zero-order valence-corrected chi connectivity index (χ0v) is 9.83. The van der Waals surface area contributed by atoms with Crippen molar-refractivity contribution in [3.8, 4) is 0 Å². The minimum atomic E-state index is -0.316. The van der Waals surface area contributed by atoms with Crippen molar-refractivity contribution in [2.75, 3.05) is 13.7 Å². The van der Waals surface area contributed by atoms with E-state index in [-0.39, 0.29) is 6.10 Å². The van der Waals surface area contributed by atoms with E-state index >= 15 is 0 Å². The number of hydrogen-bond donors (Lipinski definition) is 1. The van der Waals surface area contributed by atoms with Crippen LogP contribution in [-0.4, -0.2) is 24.9 Å². The second-order valence-corrected chi connectivity index (χ2v) is 4.19. The van der Waals surface area contributed by atoms with Crippen LogP contribution in [0.5, 0.6) is 0 Å². The van der Waals surface area contributed by atoms with Crippen LogP contribution in [0.25, 0.3) is 0 Å². The number of aliphatic hydroxyl groups is 1. The van der Waals surface area contributed by atoms with E-state index < -0.39 is 0 Å². The van der Waals surface area contributed by atoms with Gasteiger partial charge in [0.05, 0.1) is 6.10 Å². The first-order valence-corrected chi connectivity index (χ1v) is 5.43. The number of hydrogen-bond acceptors (Lipinski definition) is 2. The molecule has 1 rings (SSSR count). The van der Waals surface area contributed by atoms with Crippen molar-refractivity contribution in [2.24, 2.45) is 0 Å². The minimum Gasteiger partial charge on any atom is -0.393 e. The number of rotatable bonds is 5. The predicted octanol–water partition coefficient (Wildman–Crippen LogP) is 2.39. The van der Waals surface area contributed by atoms with Crippen molar-refractivity contribution in [2.45, 2.75) is 18.9 Å². The van der Waals surface area contributed by atoms with Crippen molar-refractivity contribution in [1.29, 1.82) is 0 Å². The summed E-state index contributed by atoms with van der Waals surface area (Å²) >= 11 is 3.40. The fraction of sp³-hybridized carbons (Fsp3) is 0.455. The molecule has 0 spiro atoms. The number of aliphatic hydroxyl groups excluding tert-OH is 1. The summed E-state index contributed by atoms with van der Waals surface area (Å²) in [6.45, 7) is 0.606. The first-order valence-electron chi connectivity index (χ1n) is 4.64. The Kier molecular flexibility index (Phi) is 5.15. The zero-order chi connectivity index (χ0) is 10.4. The molecule has 2 nitrogen and oxygen atoms in total. The summed E-state index contributed by atoms with van der Waals surface area (Å²) in [6.07, 6.45) is 1.05. The molecule has 0 amide bonds. The molecule has 1 unspecified atom stereocenters. The van der Waals surface area contributed by atoms with Crippen LogP contribution in [0.4, 0.5) is 0 Å². The highest BCUT2D eigenvalue weighted by Crippen LogP contribution is 2.13. The van der Waals surface area contributed by atoms with Gasteiger partial charge in [0.15, 0.2) is 0 Å². The van der Waals surface area contributed by atoms with E-state index in [1.165, 1.54) is 0 Å². The monoisotopic (exact) mass is 258 g/mol. The summed E-state index contributed by atoms with van der Waals surface area (Å²) in [7, 11) is 1.64. The van der Waals surface area contributed by atoms with E-state index in [4.69, 9.17) is 4.74 Å². The smallest absolute Gasteiger partial charge is 0.0602 e. The fourth-order valence-electron chi connectivity index (χ4n) is 1.29. The van der Waals surface area contributed by atoms with Gasteiger partial charge in [-0.05, 0) is 30.5 Å². The van der Waals surface area contributed by atoms with E-state index in [1.54, 1.807) is 7.11 Å². The van der Waals surface area contributed by atoms with E-state index in [0.717, 1.165) is 10.0 Å². The Morgan fingerprint density at radius 3 is 2.93 bits per heavy atom. The zero-order valence-electron chi connectivity index (χ0n) is 8.24. The number of halogens is 1. The standard InChI is InChI=1S/C11H15BrO2/c1-14-6-5-11(13)8-9-3-2-4-10(12)7-9/h2-4,7,11,13H,5-6,8H2,1H3. The Balaban J connectivity index is 2.43. The van der Waals surface area contributed by atoms with Gasteiger partial charge in [-0.1, -0.05) is 28.1 Å². The molecule has 0 saturated heterocycles. The molecule has 0 aliphatic heterocycles. The Labute approximate surface area is 93.0 Å². The van der Waals surface area contributed by atoms with E-state index in [2.05, 4.69) is 15.9 Å². The third-order valence-electron chi connectivity index (χ3n) is 2.02. The van der Waals surface area contributed by atoms with Crippen LogP contribution in [0.1, 0.15) is 12.0 Å². The highest BCUT2D eigenvalue weighted by Gasteiger charge is 2.05. The normalized spacial score (nSPS) is 12.8. The lowest BCUT2D eigenvalue weighted by molar-refractivity contribution is 0.110. The van der Waals surface area contributed by atoms with Crippen molar-refractivity contribution in [3.63, 3.8) is 0 Å². The predicted molar refractivity (Wildman–Crippen MR) is 60.3 cm³/mol. The average Bonchev–Trinajstić information content (AvgIpc) is 2.15. The summed E-state index contributed by atoms with van der Waals surface area (Å²) < 4.78 is 5.95. The topological polar surface area (TPSA) is 29.5 Å². The summed E-state index contributed by atoms with van der Waals surface area (Å²) in [5.41, 5.74) is 1.14. The van der Waals surface area contributed by atoms with Gasteiger partial charge < -0.3 is 9.84 Å². The Morgan fingerprint density at radius 2 is 2.29 bits per heavy atom. The first kappa shape index (κ1) is 11.7. The van der Waals surface area contributed by atoms with Crippen LogP contribution in [0, 0.1) is 0 Å². The van der Waals surface area contributed by atoms with Gasteiger partial charge in [0, 0.05) is 18.2 Å². The summed E-state index contributed by atoms with van der Waals surface area (Å²) in [5, 5.41) is 9.63. The van der Waals surface area contributed by atoms with Crippen molar-refractivity contribution >= 4 is 15.9 Å². The number of methoxy groups -OCH3 is 1. The molecule has 1 aromatic carbocycles. The van der Waals surface area contributed by atoms with Crippen LogP contribution < -0.4 is 0 Å². The molecule has 0 fully saturated rings. The molecule has 3 heteroatoms. The van der Waals surface area contributed by atoms with E-state index in [9.17, 15) is 5.11 Å². The van der Waals surface area contributed by atoms with Gasteiger partial charge in [0.25, 0.3) is 0 Å². The lowest BCUT2D eigenvalue weighted by Crippen LogP contribution is -2.12. The molecule has 1 atom stereocenters. The summed E-state index contributed by atoms with van der Waals surface area (Å²) in [5.74, 6) is 0. The van der Waals surface area contributed by atoms with Crippen LogP contribution >= 0.6 is 15.9 Å². The first-order chi connectivity index (χ1) is 6.72. The molecular formula is C11H15BrO2. The second-order valence-electron chi connectivity index (χ2n) is 3.27. The minimum absolute atomic E-state index is 0.316. The van der Waals surface area contributed by atoms with Gasteiger partial charge in [0.2, 0.25) is 0 Å². The summed E-state index contributed by atoms with van der Waals surface area (Å²) in [6, 6.07) is 7.99. The number of benzene rings is 1. The molecule has 0 saturated carbocycles. The third-order valence-corrected chi connectivity index (χ3v) is 2.51. The number of ether oxygens (including phenoxy) is 1. The Morgan fingerprint density at radius 1 is 1.50 bits per heavy atom. The van der Waals surface area contributed by atoms with Gasteiger partial charge in [-0.25, -0.2) is 0 Å². The lowest BCUT2D eigenvalue weighted by Gasteiger charge is -2.09. The molecule has 0 aliphatic carbocycles. The average molecular weight is 259 g/mol. The van der Waals surface area contributed by atoms with Crippen molar-refractivity contribution in [3.05, 3.63) is 34.3 Å². The van der Waals surface area contributed by atoms with Crippen LogP contribution in [0.15, 0.2) is 28.7 Å². The molecule has 0 aromatic heterocycles. The SMILES string of the molecule is COCCC(O)Cc1cccc(Br)c1. The Bertz CT molecular complexity index is 276. The van der Waals surface area contributed by atoms with Gasteiger partial charge in [-0.2, -0.15) is 0 Å². The quantitative estimate of drug-likeness (QED) is 0.879. The maximum Gasteiger partial charge on any atom is 0.0602 e. The van der Waals surface area contributed by atoms with Gasteiger partial charge in [0.1, 0.15) is 0 Å².